The quantitative estimate of drug-likeness (QED) is 0.579. The third kappa shape index (κ3) is 4.32. The van der Waals surface area contributed by atoms with Crippen molar-refractivity contribution >= 4 is 23.4 Å². The minimum Gasteiger partial charge on any atom is -0.486 e. The predicted octanol–water partition coefficient (Wildman–Crippen LogP) is 4.79. The molecule has 0 N–H and O–H groups in total. The molecule has 0 spiro atoms. The number of aryl methyl sites for hydroxylation is 1. The van der Waals surface area contributed by atoms with E-state index in [1.54, 1.807) is 18.2 Å². The van der Waals surface area contributed by atoms with Gasteiger partial charge < -0.3 is 9.30 Å². The second-order valence-corrected chi connectivity index (χ2v) is 6.89. The smallest absolute Gasteiger partial charge is 0.191 e. The number of hydrogen-bond donors (Lipinski definition) is 0. The highest BCUT2D eigenvalue weighted by Crippen LogP contribution is 2.24. The molecule has 0 unspecified atom stereocenters. The Bertz CT molecular complexity index is 885. The van der Waals surface area contributed by atoms with E-state index in [9.17, 15) is 4.39 Å². The molecule has 0 amide bonds. The number of nitrogens with zero attached hydrogens (tertiary/aromatic N) is 3. The molecule has 4 nitrogen and oxygen atoms in total. The maximum absolute atomic E-state index is 13.7. The van der Waals surface area contributed by atoms with Gasteiger partial charge in [-0.05, 0) is 42.3 Å². The lowest BCUT2D eigenvalue weighted by molar-refractivity contribution is 0.290. The molecule has 0 aliphatic heterocycles. The first-order chi connectivity index (χ1) is 12.0. The molecule has 0 saturated heterocycles. The summed E-state index contributed by atoms with van der Waals surface area (Å²) in [5.41, 5.74) is 1.60. The van der Waals surface area contributed by atoms with Crippen LogP contribution in [0.15, 0.2) is 47.6 Å². The molecule has 1 heterocycles. The van der Waals surface area contributed by atoms with Gasteiger partial charge >= 0.3 is 0 Å². The Hall–Kier alpha value is -2.05. The first-order valence-electron chi connectivity index (χ1n) is 7.68. The van der Waals surface area contributed by atoms with Crippen molar-refractivity contribution in [2.75, 3.05) is 0 Å². The van der Waals surface area contributed by atoms with Crippen LogP contribution in [0.1, 0.15) is 17.0 Å². The number of rotatable bonds is 6. The largest absolute Gasteiger partial charge is 0.486 e. The van der Waals surface area contributed by atoms with Crippen LogP contribution in [0.2, 0.25) is 5.02 Å². The maximum Gasteiger partial charge on any atom is 0.191 e. The Morgan fingerprint density at radius 1 is 1.20 bits per heavy atom. The summed E-state index contributed by atoms with van der Waals surface area (Å²) in [6.45, 7) is 2.22. The summed E-state index contributed by atoms with van der Waals surface area (Å²) in [5, 5.41) is 9.73. The Morgan fingerprint density at radius 2 is 2.00 bits per heavy atom. The summed E-state index contributed by atoms with van der Waals surface area (Å²) in [7, 11) is 1.87. The van der Waals surface area contributed by atoms with Gasteiger partial charge in [-0.15, -0.1) is 10.2 Å². The molecule has 0 aliphatic carbocycles. The molecule has 3 rings (SSSR count). The van der Waals surface area contributed by atoms with Crippen LogP contribution >= 0.6 is 23.4 Å². The van der Waals surface area contributed by atoms with Gasteiger partial charge in [0.25, 0.3) is 0 Å². The molecular weight excluding hydrogens is 361 g/mol. The van der Waals surface area contributed by atoms with Gasteiger partial charge in [-0.3, -0.25) is 0 Å². The van der Waals surface area contributed by atoms with E-state index in [1.807, 2.05) is 36.7 Å². The fraction of sp³-hybridized carbons (Fsp3) is 0.222. The van der Waals surface area contributed by atoms with Gasteiger partial charge in [0.1, 0.15) is 18.2 Å². The van der Waals surface area contributed by atoms with Gasteiger partial charge in [0, 0.05) is 17.8 Å². The highest BCUT2D eigenvalue weighted by atomic mass is 35.5. The summed E-state index contributed by atoms with van der Waals surface area (Å²) >= 11 is 7.45. The molecule has 1 aromatic heterocycles. The highest BCUT2D eigenvalue weighted by molar-refractivity contribution is 7.98. The number of ether oxygens (including phenoxy) is 1. The second kappa shape index (κ2) is 7.89. The van der Waals surface area contributed by atoms with E-state index in [-0.39, 0.29) is 5.82 Å². The second-order valence-electron chi connectivity index (χ2n) is 5.54. The van der Waals surface area contributed by atoms with Gasteiger partial charge in [0.05, 0.1) is 0 Å². The van der Waals surface area contributed by atoms with Crippen molar-refractivity contribution in [3.8, 4) is 5.75 Å². The van der Waals surface area contributed by atoms with Crippen LogP contribution in [0, 0.1) is 12.7 Å². The molecular formula is C18H17ClFN3OS. The van der Waals surface area contributed by atoms with Crippen LogP contribution in [-0.4, -0.2) is 14.8 Å². The molecule has 2 aromatic carbocycles. The van der Waals surface area contributed by atoms with Gasteiger partial charge in [0.2, 0.25) is 0 Å². The van der Waals surface area contributed by atoms with Gasteiger partial charge in [-0.1, -0.05) is 41.6 Å². The van der Waals surface area contributed by atoms with Crippen molar-refractivity contribution in [1.82, 2.24) is 14.8 Å². The number of thioether (sulfide) groups is 1. The summed E-state index contributed by atoms with van der Waals surface area (Å²) in [6.07, 6.45) is 0. The first-order valence-corrected chi connectivity index (χ1v) is 9.04. The normalized spacial score (nSPS) is 10.9. The van der Waals surface area contributed by atoms with E-state index < -0.39 is 0 Å². The molecule has 3 aromatic rings. The van der Waals surface area contributed by atoms with E-state index in [2.05, 4.69) is 10.2 Å². The Kier molecular flexibility index (Phi) is 5.60. The van der Waals surface area contributed by atoms with Crippen LogP contribution in [0.25, 0.3) is 0 Å². The Balaban J connectivity index is 1.62. The molecule has 0 bridgehead atoms. The SMILES string of the molecule is Cc1cc(OCc2nnc(SCc3ccccc3F)n2C)ccc1Cl. The summed E-state index contributed by atoms with van der Waals surface area (Å²) in [4.78, 5) is 0. The average molecular weight is 378 g/mol. The van der Waals surface area contributed by atoms with Crippen LogP contribution in [0.3, 0.4) is 0 Å². The van der Waals surface area contributed by atoms with E-state index >= 15 is 0 Å². The highest BCUT2D eigenvalue weighted by Gasteiger charge is 2.11. The van der Waals surface area contributed by atoms with Gasteiger partial charge in [-0.2, -0.15) is 0 Å². The molecule has 0 radical (unpaired) electrons. The molecule has 0 saturated carbocycles. The first kappa shape index (κ1) is 17.8. The topological polar surface area (TPSA) is 39.9 Å². The van der Waals surface area contributed by atoms with Crippen molar-refractivity contribution < 1.29 is 9.13 Å². The van der Waals surface area contributed by atoms with E-state index in [0.717, 1.165) is 11.3 Å². The van der Waals surface area contributed by atoms with E-state index in [0.29, 0.717) is 33.9 Å². The fourth-order valence-electron chi connectivity index (χ4n) is 2.21. The molecule has 7 heteroatoms. The maximum atomic E-state index is 13.7. The molecule has 25 heavy (non-hydrogen) atoms. The third-order valence-electron chi connectivity index (χ3n) is 3.74. The van der Waals surface area contributed by atoms with Crippen LogP contribution in [0.4, 0.5) is 4.39 Å². The third-order valence-corrected chi connectivity index (χ3v) is 5.23. The summed E-state index contributed by atoms with van der Waals surface area (Å²) in [6, 6.07) is 12.2. The number of aromatic nitrogens is 3. The number of halogens is 2. The zero-order valence-corrected chi connectivity index (χ0v) is 15.4. The Morgan fingerprint density at radius 3 is 2.76 bits per heavy atom. The lowest BCUT2D eigenvalue weighted by Gasteiger charge is -2.08. The van der Waals surface area contributed by atoms with Crippen LogP contribution < -0.4 is 4.74 Å². The van der Waals surface area contributed by atoms with Gasteiger partial charge in [0.15, 0.2) is 11.0 Å². The molecule has 130 valence electrons. The zero-order chi connectivity index (χ0) is 17.8. The number of hydrogen-bond acceptors (Lipinski definition) is 4. The molecule has 0 atom stereocenters. The van der Waals surface area contributed by atoms with Crippen LogP contribution in [0.5, 0.6) is 5.75 Å². The monoisotopic (exact) mass is 377 g/mol. The molecule has 0 aliphatic rings. The standard InChI is InChI=1S/C18H17ClFN3OS/c1-12-9-14(7-8-15(12)19)24-10-17-21-22-18(23(17)2)25-11-13-5-3-4-6-16(13)20/h3-9H,10-11H2,1-2H3. The van der Waals surface area contributed by atoms with E-state index in [4.69, 9.17) is 16.3 Å². The van der Waals surface area contributed by atoms with Crippen molar-refractivity contribution in [2.45, 2.75) is 24.4 Å². The van der Waals surface area contributed by atoms with Crippen molar-refractivity contribution in [3.63, 3.8) is 0 Å². The lowest BCUT2D eigenvalue weighted by atomic mass is 10.2. The number of benzene rings is 2. The minimum atomic E-state index is -0.209. The van der Waals surface area contributed by atoms with Crippen molar-refractivity contribution in [3.05, 3.63) is 70.3 Å². The molecule has 0 fully saturated rings. The van der Waals surface area contributed by atoms with Crippen molar-refractivity contribution in [2.24, 2.45) is 7.05 Å². The Labute approximate surface area is 155 Å². The van der Waals surface area contributed by atoms with Gasteiger partial charge in [-0.25, -0.2) is 4.39 Å². The minimum absolute atomic E-state index is 0.209. The zero-order valence-electron chi connectivity index (χ0n) is 13.9. The summed E-state index contributed by atoms with van der Waals surface area (Å²) in [5.74, 6) is 1.71. The van der Waals surface area contributed by atoms with Crippen LogP contribution in [-0.2, 0) is 19.4 Å². The van der Waals surface area contributed by atoms with E-state index in [1.165, 1.54) is 17.8 Å². The predicted molar refractivity (Wildman–Crippen MR) is 97.5 cm³/mol. The fourth-order valence-corrected chi connectivity index (χ4v) is 3.24. The summed E-state index contributed by atoms with van der Waals surface area (Å²) < 4.78 is 21.3. The average Bonchev–Trinajstić information content (AvgIpc) is 2.95. The van der Waals surface area contributed by atoms with Crippen molar-refractivity contribution in [1.29, 1.82) is 0 Å². The lowest BCUT2D eigenvalue weighted by Crippen LogP contribution is -2.04.